The predicted molar refractivity (Wildman–Crippen MR) is 75.7 cm³/mol. The molecule has 0 spiro atoms. The van der Waals surface area contributed by atoms with Crippen molar-refractivity contribution < 1.29 is 0 Å². The van der Waals surface area contributed by atoms with E-state index in [1.165, 1.54) is 0 Å². The number of benzene rings is 1. The van der Waals surface area contributed by atoms with Crippen LogP contribution in [0.5, 0.6) is 0 Å². The van der Waals surface area contributed by atoms with Crippen molar-refractivity contribution in [3.05, 3.63) is 48.0 Å². The van der Waals surface area contributed by atoms with Gasteiger partial charge >= 0.3 is 0 Å². The third-order valence-electron chi connectivity index (χ3n) is 2.98. The van der Waals surface area contributed by atoms with Crippen LogP contribution in [-0.2, 0) is 13.1 Å². The van der Waals surface area contributed by atoms with Crippen LogP contribution in [0.3, 0.4) is 0 Å². The summed E-state index contributed by atoms with van der Waals surface area (Å²) in [5.74, 6) is 0.709. The highest BCUT2D eigenvalue weighted by molar-refractivity contribution is 5.30. The summed E-state index contributed by atoms with van der Waals surface area (Å²) in [6.07, 6.45) is 1.90. The van der Waals surface area contributed by atoms with Crippen LogP contribution in [0.15, 0.2) is 36.5 Å². The minimum Gasteiger partial charge on any atom is -0.311 e. The second-order valence-electron chi connectivity index (χ2n) is 4.53. The maximum absolute atomic E-state index is 4.11. The lowest BCUT2D eigenvalue weighted by Crippen LogP contribution is -2.12. The molecule has 8 nitrogen and oxygen atoms in total. The van der Waals surface area contributed by atoms with Crippen LogP contribution in [0.2, 0.25) is 0 Å². The smallest absolute Gasteiger partial charge is 0.178 e. The second-order valence-corrected chi connectivity index (χ2v) is 4.53. The zero-order valence-corrected chi connectivity index (χ0v) is 11.7. The van der Waals surface area contributed by atoms with Crippen molar-refractivity contribution in [2.75, 3.05) is 6.54 Å². The second kappa shape index (κ2) is 6.23. The third kappa shape index (κ3) is 3.11. The maximum atomic E-state index is 4.11. The van der Waals surface area contributed by atoms with Gasteiger partial charge in [0.05, 0.1) is 17.6 Å². The van der Waals surface area contributed by atoms with Gasteiger partial charge in [-0.2, -0.15) is 4.68 Å². The molecule has 21 heavy (non-hydrogen) atoms. The highest BCUT2D eigenvalue weighted by Gasteiger charge is 2.10. The quantitative estimate of drug-likeness (QED) is 0.705. The number of hydrogen-bond donors (Lipinski definition) is 1. The summed E-state index contributed by atoms with van der Waals surface area (Å²) in [5.41, 5.74) is 1.82. The van der Waals surface area contributed by atoms with Crippen LogP contribution in [0.4, 0.5) is 0 Å². The van der Waals surface area contributed by atoms with Gasteiger partial charge in [-0.05, 0) is 29.1 Å². The van der Waals surface area contributed by atoms with Gasteiger partial charge in [-0.15, -0.1) is 10.2 Å². The number of tetrazole rings is 1. The predicted octanol–water partition coefficient (Wildman–Crippen LogP) is 0.412. The zero-order chi connectivity index (χ0) is 14.5. The Morgan fingerprint density at radius 3 is 2.76 bits per heavy atom. The zero-order valence-electron chi connectivity index (χ0n) is 11.7. The summed E-state index contributed by atoms with van der Waals surface area (Å²) in [6, 6.07) is 9.77. The number of hydrogen-bond acceptors (Lipinski definition) is 6. The van der Waals surface area contributed by atoms with Crippen LogP contribution in [0.1, 0.15) is 18.4 Å². The van der Waals surface area contributed by atoms with Crippen molar-refractivity contribution >= 4 is 0 Å². The van der Waals surface area contributed by atoms with E-state index in [2.05, 4.69) is 38.1 Å². The first-order valence-electron chi connectivity index (χ1n) is 6.79. The summed E-state index contributed by atoms with van der Waals surface area (Å²) >= 11 is 0. The molecular weight excluding hydrogens is 268 g/mol. The highest BCUT2D eigenvalue weighted by Crippen LogP contribution is 2.08. The highest BCUT2D eigenvalue weighted by atomic mass is 15.6. The monoisotopic (exact) mass is 284 g/mol. The largest absolute Gasteiger partial charge is 0.311 e. The Hall–Kier alpha value is -2.61. The fraction of sp³-hybridized carbons (Fsp3) is 0.308. The molecule has 0 saturated heterocycles. The van der Waals surface area contributed by atoms with Crippen molar-refractivity contribution in [2.24, 2.45) is 0 Å². The van der Waals surface area contributed by atoms with E-state index in [1.807, 2.05) is 36.5 Å². The molecule has 0 atom stereocenters. The normalized spacial score (nSPS) is 10.9. The molecule has 1 aromatic carbocycles. The summed E-state index contributed by atoms with van der Waals surface area (Å²) in [4.78, 5) is 0. The van der Waals surface area contributed by atoms with Crippen LogP contribution < -0.4 is 5.32 Å². The van der Waals surface area contributed by atoms with Gasteiger partial charge in [0.2, 0.25) is 0 Å². The molecule has 3 aromatic rings. The summed E-state index contributed by atoms with van der Waals surface area (Å²) in [6.45, 7) is 4.14. The molecule has 0 aliphatic rings. The summed E-state index contributed by atoms with van der Waals surface area (Å²) in [5, 5.41) is 23.2. The van der Waals surface area contributed by atoms with Crippen molar-refractivity contribution in [3.8, 4) is 5.69 Å². The molecule has 0 aliphatic heterocycles. The standard InChI is InChI=1S/C13H16N8/c1-2-14-8-11-9-20(18-15-11)10-13-16-17-19-21(13)12-6-4-3-5-7-12/h3-7,9,14H,2,8,10H2,1H3. The Morgan fingerprint density at radius 2 is 1.95 bits per heavy atom. The van der Waals surface area contributed by atoms with E-state index in [9.17, 15) is 0 Å². The van der Waals surface area contributed by atoms with Gasteiger partial charge in [0, 0.05) is 6.54 Å². The molecule has 0 radical (unpaired) electrons. The minimum atomic E-state index is 0.473. The lowest BCUT2D eigenvalue weighted by Gasteiger charge is -2.03. The first-order chi connectivity index (χ1) is 10.4. The fourth-order valence-corrected chi connectivity index (χ4v) is 1.97. The van der Waals surface area contributed by atoms with Gasteiger partial charge in [-0.25, -0.2) is 4.68 Å². The van der Waals surface area contributed by atoms with E-state index in [4.69, 9.17) is 0 Å². The SMILES string of the molecule is CCNCc1cn(Cc2nnnn2-c2ccccc2)nn1. The summed E-state index contributed by atoms with van der Waals surface area (Å²) < 4.78 is 3.43. The first kappa shape index (κ1) is 13.4. The molecular formula is C13H16N8. The van der Waals surface area contributed by atoms with Gasteiger partial charge in [-0.3, -0.25) is 0 Å². The Morgan fingerprint density at radius 1 is 1.10 bits per heavy atom. The molecule has 3 rings (SSSR count). The van der Waals surface area contributed by atoms with Crippen molar-refractivity contribution in [1.82, 2.24) is 40.5 Å². The lowest BCUT2D eigenvalue weighted by molar-refractivity contribution is 0.609. The molecule has 108 valence electrons. The molecule has 0 fully saturated rings. The van der Waals surface area contributed by atoms with E-state index in [1.54, 1.807) is 9.36 Å². The van der Waals surface area contributed by atoms with E-state index in [0.717, 1.165) is 17.9 Å². The summed E-state index contributed by atoms with van der Waals surface area (Å²) in [7, 11) is 0. The van der Waals surface area contributed by atoms with Crippen LogP contribution >= 0.6 is 0 Å². The Labute approximate surface area is 121 Å². The van der Waals surface area contributed by atoms with E-state index in [0.29, 0.717) is 18.9 Å². The third-order valence-corrected chi connectivity index (χ3v) is 2.98. The average molecular weight is 284 g/mol. The lowest BCUT2D eigenvalue weighted by atomic mass is 10.3. The molecule has 0 amide bonds. The molecule has 2 heterocycles. The van der Waals surface area contributed by atoms with Crippen molar-refractivity contribution in [3.63, 3.8) is 0 Å². The van der Waals surface area contributed by atoms with Gasteiger partial charge in [0.15, 0.2) is 5.82 Å². The topological polar surface area (TPSA) is 86.3 Å². The fourth-order valence-electron chi connectivity index (χ4n) is 1.97. The molecule has 0 aliphatic carbocycles. The molecule has 0 unspecified atom stereocenters. The van der Waals surface area contributed by atoms with Gasteiger partial charge < -0.3 is 5.32 Å². The van der Waals surface area contributed by atoms with Crippen LogP contribution in [0, 0.1) is 0 Å². The maximum Gasteiger partial charge on any atom is 0.178 e. The molecule has 0 bridgehead atoms. The molecule has 2 aromatic heterocycles. The van der Waals surface area contributed by atoms with Crippen LogP contribution in [0.25, 0.3) is 5.69 Å². The molecule has 1 N–H and O–H groups in total. The Kier molecular flexibility index (Phi) is 3.97. The number of nitrogens with one attached hydrogen (secondary N) is 1. The van der Waals surface area contributed by atoms with Crippen molar-refractivity contribution in [1.29, 1.82) is 0 Å². The Balaban J connectivity index is 1.77. The number of rotatable bonds is 6. The first-order valence-corrected chi connectivity index (χ1v) is 6.79. The molecule has 0 saturated carbocycles. The number of para-hydroxylation sites is 1. The van der Waals surface area contributed by atoms with Gasteiger partial charge in [0.25, 0.3) is 0 Å². The van der Waals surface area contributed by atoms with Gasteiger partial charge in [0.1, 0.15) is 6.54 Å². The minimum absolute atomic E-state index is 0.473. The number of aromatic nitrogens is 7. The van der Waals surface area contributed by atoms with E-state index >= 15 is 0 Å². The Bertz CT molecular complexity index is 687. The average Bonchev–Trinajstić information content (AvgIpc) is 3.16. The van der Waals surface area contributed by atoms with Crippen molar-refractivity contribution in [2.45, 2.75) is 20.0 Å². The van der Waals surface area contributed by atoms with Gasteiger partial charge in [-0.1, -0.05) is 30.3 Å². The molecule has 8 heteroatoms. The number of nitrogens with zero attached hydrogens (tertiary/aromatic N) is 7. The van der Waals surface area contributed by atoms with E-state index in [-0.39, 0.29) is 0 Å². The van der Waals surface area contributed by atoms with Crippen LogP contribution in [-0.4, -0.2) is 41.7 Å². The van der Waals surface area contributed by atoms with E-state index < -0.39 is 0 Å².